The van der Waals surface area contributed by atoms with Gasteiger partial charge in [-0.25, -0.2) is 13.2 Å². The monoisotopic (exact) mass is 469 g/mol. The molecule has 11 heteroatoms. The van der Waals surface area contributed by atoms with Gasteiger partial charge in [0.05, 0.1) is 31.6 Å². The molecule has 2 amide bonds. The lowest BCUT2D eigenvalue weighted by Gasteiger charge is -2.38. The minimum Gasteiger partial charge on any atom is -0.493 e. The summed E-state index contributed by atoms with van der Waals surface area (Å²) in [6.45, 7) is 4.20. The standard InChI is InChI=1S/C21H31N3O7S/c1-4-31-21(26)23-12-10-22(11-13-23)20(25)16-6-5-9-24(15-16)32(27,28)17-7-8-18(29-2)19(14-17)30-3/h7-8,14,16H,4-6,9-13,15H2,1-3H3/t16-/m0/s1. The van der Waals surface area contributed by atoms with Crippen molar-refractivity contribution in [2.75, 3.05) is 60.1 Å². The number of rotatable bonds is 6. The zero-order valence-corrected chi connectivity index (χ0v) is 19.6. The first-order valence-electron chi connectivity index (χ1n) is 10.7. The SMILES string of the molecule is CCOC(=O)N1CCN(C(=O)[C@H]2CCCN(S(=O)(=O)c3ccc(OC)c(OC)c3)C2)CC1. The first-order chi connectivity index (χ1) is 15.3. The predicted molar refractivity (Wildman–Crippen MR) is 116 cm³/mol. The summed E-state index contributed by atoms with van der Waals surface area (Å²) in [7, 11) is -0.850. The molecule has 3 rings (SSSR count). The van der Waals surface area contributed by atoms with E-state index in [9.17, 15) is 18.0 Å². The summed E-state index contributed by atoms with van der Waals surface area (Å²) in [6.07, 6.45) is 0.866. The Bertz CT molecular complexity index is 929. The van der Waals surface area contributed by atoms with Crippen LogP contribution in [0.5, 0.6) is 11.5 Å². The summed E-state index contributed by atoms with van der Waals surface area (Å²) >= 11 is 0. The lowest BCUT2D eigenvalue weighted by Crippen LogP contribution is -2.54. The van der Waals surface area contributed by atoms with Gasteiger partial charge >= 0.3 is 6.09 Å². The number of piperidine rings is 1. The molecule has 0 aliphatic carbocycles. The highest BCUT2D eigenvalue weighted by molar-refractivity contribution is 7.89. The van der Waals surface area contributed by atoms with Gasteiger partial charge in [-0.1, -0.05) is 0 Å². The number of hydrogen-bond donors (Lipinski definition) is 0. The summed E-state index contributed by atoms with van der Waals surface area (Å²) in [5, 5.41) is 0. The molecular weight excluding hydrogens is 438 g/mol. The maximum Gasteiger partial charge on any atom is 0.409 e. The number of carbonyl (C=O) groups excluding carboxylic acids is 2. The molecule has 0 N–H and O–H groups in total. The molecule has 32 heavy (non-hydrogen) atoms. The first kappa shape index (κ1) is 24.1. The second-order valence-electron chi connectivity index (χ2n) is 7.73. The summed E-state index contributed by atoms with van der Waals surface area (Å²) in [5.74, 6) is 0.298. The molecule has 1 aromatic rings. The average molecular weight is 470 g/mol. The molecule has 0 bridgehead atoms. The number of carbonyl (C=O) groups is 2. The van der Waals surface area contributed by atoms with Crippen LogP contribution in [0.1, 0.15) is 19.8 Å². The predicted octanol–water partition coefficient (Wildman–Crippen LogP) is 1.41. The van der Waals surface area contributed by atoms with Crippen LogP contribution in [-0.4, -0.2) is 94.6 Å². The van der Waals surface area contributed by atoms with Gasteiger partial charge < -0.3 is 24.0 Å². The van der Waals surface area contributed by atoms with Crippen molar-refractivity contribution in [1.82, 2.24) is 14.1 Å². The second-order valence-corrected chi connectivity index (χ2v) is 9.67. The minimum absolute atomic E-state index is 0.0688. The van der Waals surface area contributed by atoms with Gasteiger partial charge in [0.25, 0.3) is 0 Å². The largest absolute Gasteiger partial charge is 0.493 e. The molecule has 2 aliphatic heterocycles. The molecule has 0 aromatic heterocycles. The molecule has 2 fully saturated rings. The van der Waals surface area contributed by atoms with Crippen LogP contribution in [0.25, 0.3) is 0 Å². The molecule has 1 aromatic carbocycles. The number of benzene rings is 1. The molecule has 0 radical (unpaired) electrons. The highest BCUT2D eigenvalue weighted by atomic mass is 32.2. The van der Waals surface area contributed by atoms with Crippen molar-refractivity contribution in [3.63, 3.8) is 0 Å². The van der Waals surface area contributed by atoms with E-state index in [0.717, 1.165) is 0 Å². The number of piperazine rings is 1. The van der Waals surface area contributed by atoms with Gasteiger partial charge in [-0.05, 0) is 31.9 Å². The Morgan fingerprint density at radius 2 is 1.66 bits per heavy atom. The number of hydrogen-bond acceptors (Lipinski definition) is 7. The topological polar surface area (TPSA) is 106 Å². The van der Waals surface area contributed by atoms with Crippen molar-refractivity contribution in [2.45, 2.75) is 24.7 Å². The third kappa shape index (κ3) is 5.09. The van der Waals surface area contributed by atoms with Gasteiger partial charge in [-0.3, -0.25) is 4.79 Å². The van der Waals surface area contributed by atoms with Crippen LogP contribution in [0.2, 0.25) is 0 Å². The lowest BCUT2D eigenvalue weighted by atomic mass is 9.98. The van der Waals surface area contributed by atoms with E-state index in [1.807, 2.05) is 0 Å². The van der Waals surface area contributed by atoms with Crippen molar-refractivity contribution in [3.05, 3.63) is 18.2 Å². The van der Waals surface area contributed by atoms with Gasteiger partial charge in [-0.2, -0.15) is 4.31 Å². The van der Waals surface area contributed by atoms with Gasteiger partial charge in [0.15, 0.2) is 11.5 Å². The Morgan fingerprint density at radius 3 is 2.28 bits per heavy atom. The highest BCUT2D eigenvalue weighted by Crippen LogP contribution is 2.32. The van der Waals surface area contributed by atoms with Crippen LogP contribution in [0, 0.1) is 5.92 Å². The van der Waals surface area contributed by atoms with Gasteiger partial charge in [-0.15, -0.1) is 0 Å². The number of sulfonamides is 1. The van der Waals surface area contributed by atoms with Crippen molar-refractivity contribution in [2.24, 2.45) is 5.92 Å². The molecule has 0 saturated carbocycles. The normalized spacial score (nSPS) is 20.0. The fraction of sp³-hybridized carbons (Fsp3) is 0.619. The quantitative estimate of drug-likeness (QED) is 0.620. The molecular formula is C21H31N3O7S. The lowest BCUT2D eigenvalue weighted by molar-refractivity contribution is -0.138. The molecule has 2 heterocycles. The summed E-state index contributed by atoms with van der Waals surface area (Å²) in [4.78, 5) is 28.3. The molecule has 0 unspecified atom stereocenters. The third-order valence-electron chi connectivity index (χ3n) is 5.84. The average Bonchev–Trinajstić information content (AvgIpc) is 2.83. The molecule has 1 atom stereocenters. The van der Waals surface area contributed by atoms with Gasteiger partial charge in [0, 0.05) is 45.3 Å². The second kappa shape index (κ2) is 10.4. The van der Waals surface area contributed by atoms with Gasteiger partial charge in [0.2, 0.25) is 15.9 Å². The van der Waals surface area contributed by atoms with E-state index in [-0.39, 0.29) is 23.4 Å². The summed E-state index contributed by atoms with van der Waals surface area (Å²) in [6, 6.07) is 4.48. The van der Waals surface area contributed by atoms with Crippen molar-refractivity contribution in [1.29, 1.82) is 0 Å². The van der Waals surface area contributed by atoms with Crippen LogP contribution in [0.15, 0.2) is 23.1 Å². The minimum atomic E-state index is -3.79. The van der Waals surface area contributed by atoms with Crippen LogP contribution < -0.4 is 9.47 Å². The summed E-state index contributed by atoms with van der Waals surface area (Å²) in [5.41, 5.74) is 0. The first-order valence-corrected chi connectivity index (χ1v) is 12.2. The molecule has 0 spiro atoms. The Morgan fingerprint density at radius 1 is 1.00 bits per heavy atom. The van der Waals surface area contributed by atoms with Crippen LogP contribution in [-0.2, 0) is 19.6 Å². The van der Waals surface area contributed by atoms with E-state index in [1.54, 1.807) is 22.8 Å². The number of methoxy groups -OCH3 is 2. The van der Waals surface area contributed by atoms with E-state index in [0.29, 0.717) is 63.7 Å². The van der Waals surface area contributed by atoms with Crippen LogP contribution >= 0.6 is 0 Å². The van der Waals surface area contributed by atoms with E-state index in [4.69, 9.17) is 14.2 Å². The number of ether oxygens (including phenoxy) is 3. The Balaban J connectivity index is 1.66. The molecule has 2 saturated heterocycles. The Hall–Kier alpha value is -2.53. The van der Waals surface area contributed by atoms with E-state index >= 15 is 0 Å². The van der Waals surface area contributed by atoms with Gasteiger partial charge in [0.1, 0.15) is 0 Å². The van der Waals surface area contributed by atoms with Crippen LogP contribution in [0.4, 0.5) is 4.79 Å². The third-order valence-corrected chi connectivity index (χ3v) is 7.70. The molecule has 178 valence electrons. The maximum absolute atomic E-state index is 13.2. The fourth-order valence-corrected chi connectivity index (χ4v) is 5.61. The summed E-state index contributed by atoms with van der Waals surface area (Å²) < 4.78 is 43.3. The van der Waals surface area contributed by atoms with Crippen molar-refractivity contribution >= 4 is 22.0 Å². The highest BCUT2D eigenvalue weighted by Gasteiger charge is 2.36. The smallest absolute Gasteiger partial charge is 0.409 e. The molecule has 10 nitrogen and oxygen atoms in total. The molecule has 2 aliphatic rings. The van der Waals surface area contributed by atoms with E-state index < -0.39 is 15.9 Å². The van der Waals surface area contributed by atoms with Crippen LogP contribution in [0.3, 0.4) is 0 Å². The van der Waals surface area contributed by atoms with Crippen molar-refractivity contribution in [3.8, 4) is 11.5 Å². The zero-order valence-electron chi connectivity index (χ0n) is 18.8. The van der Waals surface area contributed by atoms with E-state index in [2.05, 4.69) is 0 Å². The maximum atomic E-state index is 13.2. The van der Waals surface area contributed by atoms with E-state index in [1.165, 1.54) is 30.7 Å². The Labute approximate surface area is 189 Å². The Kier molecular flexibility index (Phi) is 7.83. The van der Waals surface area contributed by atoms with Crippen molar-refractivity contribution < 1.29 is 32.2 Å². The number of amides is 2. The fourth-order valence-electron chi connectivity index (χ4n) is 4.07. The number of nitrogens with zero attached hydrogens (tertiary/aromatic N) is 3. The zero-order chi connectivity index (χ0) is 23.3.